The lowest BCUT2D eigenvalue weighted by Crippen LogP contribution is -2.40. The molecular weight excluding hydrogens is 426 g/mol. The summed E-state index contributed by atoms with van der Waals surface area (Å²) in [6.45, 7) is 7.15. The van der Waals surface area contributed by atoms with Crippen LogP contribution in [0, 0.1) is 11.8 Å². The van der Waals surface area contributed by atoms with Gasteiger partial charge < -0.3 is 0 Å². The number of tetrazole rings is 1. The highest BCUT2D eigenvalue weighted by molar-refractivity contribution is 5.79. The minimum atomic E-state index is 0.0860. The van der Waals surface area contributed by atoms with Gasteiger partial charge in [0.25, 0.3) is 0 Å². The molecule has 8 nitrogen and oxygen atoms in total. The minimum absolute atomic E-state index is 0.0860. The fraction of sp³-hybridized carbons (Fsp3) is 0.423. The molecule has 8 heteroatoms. The molecule has 4 aromatic rings. The number of nitrogens with one attached hydrogen (secondary N) is 1. The van der Waals surface area contributed by atoms with Crippen LogP contribution < -0.4 is 5.69 Å². The number of rotatable bonds is 8. The molecule has 2 unspecified atom stereocenters. The van der Waals surface area contributed by atoms with E-state index in [0.29, 0.717) is 30.2 Å². The molecule has 2 atom stereocenters. The Balaban J connectivity index is 1.44. The maximum Gasteiger partial charge on any atom is 0.328 e. The molecule has 1 aliphatic rings. The van der Waals surface area contributed by atoms with E-state index in [0.717, 1.165) is 47.3 Å². The van der Waals surface area contributed by atoms with Crippen LogP contribution >= 0.6 is 0 Å². The van der Waals surface area contributed by atoms with Crippen molar-refractivity contribution in [2.45, 2.75) is 59.0 Å². The topological polar surface area (TPSA) is 94.3 Å². The van der Waals surface area contributed by atoms with Gasteiger partial charge in [-0.1, -0.05) is 57.5 Å². The molecule has 0 aliphatic heterocycles. The number of H-pyrrole nitrogens is 1. The van der Waals surface area contributed by atoms with Crippen LogP contribution in [-0.4, -0.2) is 34.7 Å². The summed E-state index contributed by atoms with van der Waals surface area (Å²) in [5, 5.41) is 14.4. The van der Waals surface area contributed by atoms with Crippen LogP contribution in [0.25, 0.3) is 22.5 Å². The van der Waals surface area contributed by atoms with Crippen molar-refractivity contribution >= 4 is 0 Å². The summed E-state index contributed by atoms with van der Waals surface area (Å²) in [5.74, 6) is 1.63. The fourth-order valence-electron chi connectivity index (χ4n) is 5.31. The third-order valence-corrected chi connectivity index (χ3v) is 7.07. The van der Waals surface area contributed by atoms with Gasteiger partial charge in [0, 0.05) is 35.3 Å². The Kier molecular flexibility index (Phi) is 6.13. The van der Waals surface area contributed by atoms with Crippen molar-refractivity contribution in [3.8, 4) is 22.5 Å². The predicted octanol–water partition coefficient (Wildman–Crippen LogP) is 4.50. The van der Waals surface area contributed by atoms with Crippen LogP contribution in [0.15, 0.2) is 53.6 Å². The second-order valence-electron chi connectivity index (χ2n) is 9.50. The molecule has 1 fully saturated rings. The number of aromatic amines is 1. The standard InChI is InChI=1S/C26H31N7O/c1-4-5-8-21-16-33(24-17(2)13-18(24)3)26(34)32(21)15-20-12-11-19(14-27-20)22-9-6-7-10-23(22)25-28-30-31-29-25/h6-7,9-12,14,16-18,24H,4-5,8,13,15H2,1-3H3,(H,28,29,30,31). The SMILES string of the molecule is CCCCc1cn(C2C(C)CC2C)c(=O)n1Cc1ccc(-c2ccccc2-c2nn[nH]n2)cn1. The van der Waals surface area contributed by atoms with Crippen molar-refractivity contribution in [3.63, 3.8) is 0 Å². The average molecular weight is 458 g/mol. The van der Waals surface area contributed by atoms with E-state index in [1.54, 1.807) is 0 Å². The summed E-state index contributed by atoms with van der Waals surface area (Å²) in [6, 6.07) is 12.3. The number of benzene rings is 1. The summed E-state index contributed by atoms with van der Waals surface area (Å²) in [7, 11) is 0. The summed E-state index contributed by atoms with van der Waals surface area (Å²) >= 11 is 0. The number of imidazole rings is 1. The lowest BCUT2D eigenvalue weighted by molar-refractivity contribution is 0.107. The first-order chi connectivity index (χ1) is 16.6. The van der Waals surface area contributed by atoms with Crippen LogP contribution in [0.2, 0.25) is 0 Å². The molecule has 1 N–H and O–H groups in total. The van der Waals surface area contributed by atoms with E-state index in [-0.39, 0.29) is 5.69 Å². The van der Waals surface area contributed by atoms with E-state index >= 15 is 0 Å². The van der Waals surface area contributed by atoms with Crippen molar-refractivity contribution < 1.29 is 0 Å². The van der Waals surface area contributed by atoms with Gasteiger partial charge in [0.15, 0.2) is 0 Å². The van der Waals surface area contributed by atoms with Gasteiger partial charge >= 0.3 is 5.69 Å². The van der Waals surface area contributed by atoms with Gasteiger partial charge in [-0.05, 0) is 47.9 Å². The molecule has 0 radical (unpaired) electrons. The second-order valence-corrected chi connectivity index (χ2v) is 9.50. The molecule has 0 amide bonds. The summed E-state index contributed by atoms with van der Waals surface area (Å²) in [6.07, 6.45) is 8.22. The zero-order valence-corrected chi connectivity index (χ0v) is 20.0. The smallest absolute Gasteiger partial charge is 0.295 e. The van der Waals surface area contributed by atoms with E-state index in [9.17, 15) is 4.79 Å². The normalized spacial score (nSPS) is 19.8. The number of aromatic nitrogens is 7. The molecule has 1 aliphatic carbocycles. The summed E-state index contributed by atoms with van der Waals surface area (Å²) in [4.78, 5) is 18.1. The third kappa shape index (κ3) is 4.08. The van der Waals surface area contributed by atoms with E-state index in [1.807, 2.05) is 51.7 Å². The Bertz CT molecular complexity index is 1300. The molecule has 3 heterocycles. The molecular formula is C26H31N7O. The Labute approximate surface area is 199 Å². The Morgan fingerprint density at radius 2 is 1.88 bits per heavy atom. The molecule has 0 spiro atoms. The average Bonchev–Trinajstić information content (AvgIpc) is 3.48. The van der Waals surface area contributed by atoms with E-state index < -0.39 is 0 Å². The number of pyridine rings is 1. The first-order valence-corrected chi connectivity index (χ1v) is 12.2. The highest BCUT2D eigenvalue weighted by Gasteiger charge is 2.37. The van der Waals surface area contributed by atoms with Crippen LogP contribution in [-0.2, 0) is 13.0 Å². The van der Waals surface area contributed by atoms with Crippen molar-refractivity contribution in [1.82, 2.24) is 34.7 Å². The number of unbranched alkanes of at least 4 members (excludes halogenated alkanes) is 1. The van der Waals surface area contributed by atoms with Gasteiger partial charge in [-0.15, -0.1) is 10.2 Å². The molecule has 34 heavy (non-hydrogen) atoms. The third-order valence-electron chi connectivity index (χ3n) is 7.07. The maximum absolute atomic E-state index is 13.4. The van der Waals surface area contributed by atoms with Crippen molar-refractivity contribution in [2.75, 3.05) is 0 Å². The second kappa shape index (κ2) is 9.37. The molecule has 176 valence electrons. The quantitative estimate of drug-likeness (QED) is 0.420. The van der Waals surface area contributed by atoms with Crippen LogP contribution in [0.4, 0.5) is 0 Å². The maximum atomic E-state index is 13.4. The summed E-state index contributed by atoms with van der Waals surface area (Å²) in [5.41, 5.74) is 4.91. The Morgan fingerprint density at radius 3 is 2.53 bits per heavy atom. The van der Waals surface area contributed by atoms with Gasteiger partial charge in [-0.25, -0.2) is 4.79 Å². The largest absolute Gasteiger partial charge is 0.328 e. The van der Waals surface area contributed by atoms with E-state index in [1.165, 1.54) is 6.42 Å². The summed E-state index contributed by atoms with van der Waals surface area (Å²) < 4.78 is 3.90. The fourth-order valence-corrected chi connectivity index (χ4v) is 5.31. The lowest BCUT2D eigenvalue weighted by Gasteiger charge is -2.41. The van der Waals surface area contributed by atoms with Crippen molar-refractivity contribution in [1.29, 1.82) is 0 Å². The molecule has 3 aromatic heterocycles. The molecule has 5 rings (SSSR count). The van der Waals surface area contributed by atoms with Crippen LogP contribution in [0.1, 0.15) is 57.5 Å². The first-order valence-electron chi connectivity index (χ1n) is 12.2. The first kappa shape index (κ1) is 22.3. The zero-order valence-electron chi connectivity index (χ0n) is 20.0. The van der Waals surface area contributed by atoms with Gasteiger partial charge in [0.1, 0.15) is 0 Å². The van der Waals surface area contributed by atoms with Gasteiger partial charge in [-0.2, -0.15) is 5.21 Å². The molecule has 0 bridgehead atoms. The molecule has 1 saturated carbocycles. The minimum Gasteiger partial charge on any atom is -0.295 e. The molecule has 0 saturated heterocycles. The highest BCUT2D eigenvalue weighted by Crippen LogP contribution is 2.43. The van der Waals surface area contributed by atoms with E-state index in [4.69, 9.17) is 4.98 Å². The number of hydrogen-bond donors (Lipinski definition) is 1. The van der Waals surface area contributed by atoms with E-state index in [2.05, 4.69) is 47.6 Å². The number of hydrogen-bond acceptors (Lipinski definition) is 5. The zero-order chi connectivity index (χ0) is 23.7. The van der Waals surface area contributed by atoms with Crippen molar-refractivity contribution in [3.05, 3.63) is 70.7 Å². The van der Waals surface area contributed by atoms with Gasteiger partial charge in [0.05, 0.1) is 12.2 Å². The van der Waals surface area contributed by atoms with Crippen LogP contribution in [0.3, 0.4) is 0 Å². The lowest BCUT2D eigenvalue weighted by atomic mass is 9.72. The molecule has 1 aromatic carbocycles. The number of nitrogens with zero attached hydrogens (tertiary/aromatic N) is 6. The van der Waals surface area contributed by atoms with Gasteiger partial charge in [0.2, 0.25) is 5.82 Å². The Hall–Kier alpha value is -3.55. The van der Waals surface area contributed by atoms with Crippen molar-refractivity contribution in [2.24, 2.45) is 11.8 Å². The Morgan fingerprint density at radius 1 is 1.09 bits per heavy atom. The van der Waals surface area contributed by atoms with Crippen LogP contribution in [0.5, 0.6) is 0 Å². The number of aryl methyl sites for hydroxylation is 1. The highest BCUT2D eigenvalue weighted by atomic mass is 16.1. The monoisotopic (exact) mass is 457 g/mol. The van der Waals surface area contributed by atoms with Gasteiger partial charge in [-0.3, -0.25) is 14.1 Å². The predicted molar refractivity (Wildman–Crippen MR) is 131 cm³/mol.